The fourth-order valence-electron chi connectivity index (χ4n) is 3.10. The minimum atomic E-state index is -0.299. The number of piperidine rings is 1. The van der Waals surface area contributed by atoms with E-state index < -0.39 is 0 Å². The summed E-state index contributed by atoms with van der Waals surface area (Å²) in [5.41, 5.74) is 1.31. The number of carbonyl (C=O) groups is 2. The lowest BCUT2D eigenvalue weighted by atomic mass is 9.96. The quantitative estimate of drug-likeness (QED) is 0.874. The maximum absolute atomic E-state index is 12.3. The molecule has 26 heavy (non-hydrogen) atoms. The molecule has 0 radical (unpaired) electrons. The molecule has 3 rings (SSSR count). The maximum Gasteiger partial charge on any atom is 0.298 e. The third kappa shape index (κ3) is 4.53. The Morgan fingerprint density at radius 2 is 1.92 bits per heavy atom. The SMILES string of the molecule is CC(C)(C)NC(=O)CNC(=O)C1CCN(c2nc3ccccc3o2)CC1. The molecule has 1 saturated heterocycles. The molecular weight excluding hydrogens is 332 g/mol. The van der Waals surface area contributed by atoms with Crippen LogP contribution in [-0.2, 0) is 9.59 Å². The summed E-state index contributed by atoms with van der Waals surface area (Å²) in [5.74, 6) is -0.320. The summed E-state index contributed by atoms with van der Waals surface area (Å²) in [6.45, 7) is 7.16. The average molecular weight is 358 g/mol. The molecule has 2 heterocycles. The second-order valence-electron chi connectivity index (χ2n) is 7.74. The lowest BCUT2D eigenvalue weighted by Gasteiger charge is -2.30. The van der Waals surface area contributed by atoms with E-state index in [1.165, 1.54) is 0 Å². The van der Waals surface area contributed by atoms with Gasteiger partial charge in [0.05, 0.1) is 6.54 Å². The summed E-state index contributed by atoms with van der Waals surface area (Å²) in [7, 11) is 0. The van der Waals surface area contributed by atoms with Crippen LogP contribution in [-0.4, -0.2) is 42.0 Å². The number of para-hydroxylation sites is 2. The topological polar surface area (TPSA) is 87.5 Å². The minimum Gasteiger partial charge on any atom is -0.423 e. The number of hydrogen-bond acceptors (Lipinski definition) is 5. The average Bonchev–Trinajstić information content (AvgIpc) is 3.02. The summed E-state index contributed by atoms with van der Waals surface area (Å²) >= 11 is 0. The smallest absolute Gasteiger partial charge is 0.298 e. The highest BCUT2D eigenvalue weighted by molar-refractivity contribution is 5.86. The molecule has 0 bridgehead atoms. The normalized spacial score (nSPS) is 15.9. The molecule has 140 valence electrons. The molecule has 2 amide bonds. The number of nitrogens with zero attached hydrogens (tertiary/aromatic N) is 2. The number of benzene rings is 1. The Morgan fingerprint density at radius 3 is 2.58 bits per heavy atom. The van der Waals surface area contributed by atoms with E-state index in [9.17, 15) is 9.59 Å². The van der Waals surface area contributed by atoms with E-state index >= 15 is 0 Å². The van der Waals surface area contributed by atoms with Crippen LogP contribution >= 0.6 is 0 Å². The highest BCUT2D eigenvalue weighted by Gasteiger charge is 2.27. The van der Waals surface area contributed by atoms with Crippen molar-refractivity contribution in [1.29, 1.82) is 0 Å². The van der Waals surface area contributed by atoms with Crippen molar-refractivity contribution in [3.05, 3.63) is 24.3 Å². The molecule has 1 fully saturated rings. The monoisotopic (exact) mass is 358 g/mol. The maximum atomic E-state index is 12.3. The van der Waals surface area contributed by atoms with Crippen molar-refractivity contribution in [3.63, 3.8) is 0 Å². The summed E-state index contributed by atoms with van der Waals surface area (Å²) in [6.07, 6.45) is 1.43. The molecule has 1 aromatic heterocycles. The van der Waals surface area contributed by atoms with Gasteiger partial charge in [0.2, 0.25) is 11.8 Å². The van der Waals surface area contributed by atoms with Gasteiger partial charge >= 0.3 is 0 Å². The van der Waals surface area contributed by atoms with E-state index in [0.717, 1.165) is 11.1 Å². The first-order valence-corrected chi connectivity index (χ1v) is 9.01. The fourth-order valence-corrected chi connectivity index (χ4v) is 3.10. The number of oxazole rings is 1. The van der Waals surface area contributed by atoms with Gasteiger partial charge in [0.15, 0.2) is 5.58 Å². The summed E-state index contributed by atoms with van der Waals surface area (Å²) in [6, 6.07) is 8.28. The van der Waals surface area contributed by atoms with Crippen LogP contribution < -0.4 is 15.5 Å². The Kier molecular flexibility index (Phi) is 5.15. The Hall–Kier alpha value is -2.57. The van der Waals surface area contributed by atoms with Gasteiger partial charge in [-0.2, -0.15) is 4.98 Å². The standard InChI is InChI=1S/C19H26N4O3/c1-19(2,3)22-16(24)12-20-17(25)13-8-10-23(11-9-13)18-21-14-6-4-5-7-15(14)26-18/h4-7,13H,8-12H2,1-3H3,(H,20,25)(H,22,24). The third-order valence-corrected chi connectivity index (χ3v) is 4.36. The van der Waals surface area contributed by atoms with Crippen LogP contribution in [0.25, 0.3) is 11.1 Å². The number of amides is 2. The lowest BCUT2D eigenvalue weighted by molar-refractivity contribution is -0.129. The molecule has 1 aliphatic heterocycles. The van der Waals surface area contributed by atoms with Gasteiger partial charge in [-0.3, -0.25) is 9.59 Å². The minimum absolute atomic E-state index is 0.0153. The summed E-state index contributed by atoms with van der Waals surface area (Å²) in [5, 5.41) is 5.58. The molecule has 0 spiro atoms. The predicted octanol–water partition coefficient (Wildman–Crippen LogP) is 2.08. The Labute approximate surface area is 153 Å². The van der Waals surface area contributed by atoms with Crippen molar-refractivity contribution in [2.24, 2.45) is 5.92 Å². The Bertz CT molecular complexity index is 752. The van der Waals surface area contributed by atoms with Gasteiger partial charge in [-0.25, -0.2) is 0 Å². The number of aromatic nitrogens is 1. The number of rotatable bonds is 4. The van der Waals surface area contributed by atoms with E-state index in [2.05, 4.69) is 20.5 Å². The van der Waals surface area contributed by atoms with Gasteiger partial charge in [0.25, 0.3) is 6.01 Å². The van der Waals surface area contributed by atoms with Gasteiger partial charge in [0, 0.05) is 24.5 Å². The Morgan fingerprint density at radius 1 is 1.23 bits per heavy atom. The highest BCUT2D eigenvalue weighted by Crippen LogP contribution is 2.26. The van der Waals surface area contributed by atoms with Crippen molar-refractivity contribution >= 4 is 28.9 Å². The van der Waals surface area contributed by atoms with Crippen LogP contribution in [0.3, 0.4) is 0 Å². The zero-order valence-electron chi connectivity index (χ0n) is 15.5. The van der Waals surface area contributed by atoms with Gasteiger partial charge in [0.1, 0.15) is 5.52 Å². The van der Waals surface area contributed by atoms with Crippen molar-refractivity contribution in [2.45, 2.75) is 39.2 Å². The van der Waals surface area contributed by atoms with E-state index in [0.29, 0.717) is 31.9 Å². The second-order valence-corrected chi connectivity index (χ2v) is 7.74. The zero-order valence-corrected chi connectivity index (χ0v) is 15.5. The number of anilines is 1. The molecule has 1 aromatic carbocycles. The number of nitrogens with one attached hydrogen (secondary N) is 2. The van der Waals surface area contributed by atoms with Crippen molar-refractivity contribution in [1.82, 2.24) is 15.6 Å². The molecular formula is C19H26N4O3. The lowest BCUT2D eigenvalue weighted by Crippen LogP contribution is -2.47. The number of carbonyl (C=O) groups excluding carboxylic acids is 2. The molecule has 7 nitrogen and oxygen atoms in total. The van der Waals surface area contributed by atoms with Crippen molar-refractivity contribution in [2.75, 3.05) is 24.5 Å². The van der Waals surface area contributed by atoms with Crippen LogP contribution in [0.4, 0.5) is 6.01 Å². The van der Waals surface area contributed by atoms with Crippen molar-refractivity contribution in [3.8, 4) is 0 Å². The molecule has 2 N–H and O–H groups in total. The van der Waals surface area contributed by atoms with Gasteiger partial charge in [-0.15, -0.1) is 0 Å². The van der Waals surface area contributed by atoms with Gasteiger partial charge < -0.3 is 20.0 Å². The van der Waals surface area contributed by atoms with E-state index in [1.807, 2.05) is 45.0 Å². The first-order valence-electron chi connectivity index (χ1n) is 9.01. The highest BCUT2D eigenvalue weighted by atomic mass is 16.4. The van der Waals surface area contributed by atoms with Crippen LogP contribution in [0.5, 0.6) is 0 Å². The molecule has 2 aromatic rings. The molecule has 0 aliphatic carbocycles. The second kappa shape index (κ2) is 7.35. The predicted molar refractivity (Wildman–Crippen MR) is 99.9 cm³/mol. The van der Waals surface area contributed by atoms with Crippen LogP contribution in [0.2, 0.25) is 0 Å². The molecule has 0 atom stereocenters. The van der Waals surface area contributed by atoms with Gasteiger partial charge in [-0.05, 0) is 45.7 Å². The largest absolute Gasteiger partial charge is 0.423 e. The first kappa shape index (κ1) is 18.2. The Balaban J connectivity index is 1.48. The van der Waals surface area contributed by atoms with Crippen molar-refractivity contribution < 1.29 is 14.0 Å². The van der Waals surface area contributed by atoms with E-state index in [4.69, 9.17) is 4.42 Å². The molecule has 0 saturated carbocycles. The zero-order chi connectivity index (χ0) is 18.7. The van der Waals surface area contributed by atoms with E-state index in [1.54, 1.807) is 0 Å². The third-order valence-electron chi connectivity index (χ3n) is 4.36. The van der Waals surface area contributed by atoms with Crippen LogP contribution in [0.1, 0.15) is 33.6 Å². The van der Waals surface area contributed by atoms with E-state index in [-0.39, 0.29) is 29.8 Å². The van der Waals surface area contributed by atoms with Gasteiger partial charge in [-0.1, -0.05) is 12.1 Å². The van der Waals surface area contributed by atoms with Crippen LogP contribution in [0, 0.1) is 5.92 Å². The first-order chi connectivity index (χ1) is 12.3. The number of fused-ring (bicyclic) bond motifs is 1. The van der Waals surface area contributed by atoms with Crippen LogP contribution in [0.15, 0.2) is 28.7 Å². The number of hydrogen-bond donors (Lipinski definition) is 2. The summed E-state index contributed by atoms with van der Waals surface area (Å²) < 4.78 is 5.79. The fraction of sp³-hybridized carbons (Fsp3) is 0.526. The summed E-state index contributed by atoms with van der Waals surface area (Å²) in [4.78, 5) is 30.7. The molecule has 0 unspecified atom stereocenters. The molecule has 1 aliphatic rings. The molecule has 7 heteroatoms.